The monoisotopic (exact) mass is 692 g/mol. The van der Waals surface area contributed by atoms with Gasteiger partial charge in [-0.15, -0.1) is 0 Å². The Labute approximate surface area is 311 Å². The molecule has 0 bridgehead atoms. The summed E-state index contributed by atoms with van der Waals surface area (Å²) in [6.07, 6.45) is 0. The van der Waals surface area contributed by atoms with E-state index in [-0.39, 0.29) is 0 Å². The standard InChI is InChI=1S/C50H32N2O2/c1-3-13-35(14-4-1)51(39-27-28-40-33(29-39)25-26-34-30-49-44(32-43(34)40)41-19-7-9-22-46(41)54-49)37-17-11-18-38(31-37)52(36-15-5-2-6-16-36)45-21-12-24-48-50(45)42-20-8-10-23-47(42)53-48/h1-32H. The summed E-state index contributed by atoms with van der Waals surface area (Å²) >= 11 is 0. The molecular formula is C50H32N2O2. The lowest BCUT2D eigenvalue weighted by molar-refractivity contribution is 0.669. The van der Waals surface area contributed by atoms with Crippen LogP contribution in [-0.2, 0) is 0 Å². The number of anilines is 6. The minimum absolute atomic E-state index is 0.863. The van der Waals surface area contributed by atoms with Crippen molar-refractivity contribution in [3.8, 4) is 0 Å². The molecule has 0 fully saturated rings. The van der Waals surface area contributed by atoms with Gasteiger partial charge in [-0.1, -0.05) is 103 Å². The van der Waals surface area contributed by atoms with E-state index in [2.05, 4.69) is 180 Å². The Balaban J connectivity index is 1.09. The zero-order valence-electron chi connectivity index (χ0n) is 29.2. The van der Waals surface area contributed by atoms with Crippen molar-refractivity contribution in [2.75, 3.05) is 9.80 Å². The summed E-state index contributed by atoms with van der Waals surface area (Å²) in [4.78, 5) is 4.68. The molecule has 0 saturated heterocycles. The van der Waals surface area contributed by atoms with Crippen molar-refractivity contribution >= 4 is 99.5 Å². The zero-order valence-corrected chi connectivity index (χ0v) is 29.2. The molecule has 254 valence electrons. The summed E-state index contributed by atoms with van der Waals surface area (Å²) in [5.41, 5.74) is 9.94. The van der Waals surface area contributed by atoms with Crippen LogP contribution in [0.1, 0.15) is 0 Å². The number of benzene rings is 9. The van der Waals surface area contributed by atoms with Crippen LogP contribution in [0.5, 0.6) is 0 Å². The maximum Gasteiger partial charge on any atom is 0.137 e. The minimum atomic E-state index is 0.863. The highest BCUT2D eigenvalue weighted by molar-refractivity contribution is 6.17. The van der Waals surface area contributed by atoms with Gasteiger partial charge >= 0.3 is 0 Å². The first-order valence-corrected chi connectivity index (χ1v) is 18.3. The van der Waals surface area contributed by atoms with Crippen molar-refractivity contribution in [2.45, 2.75) is 0 Å². The summed E-state index contributed by atoms with van der Waals surface area (Å²) in [5.74, 6) is 0. The molecule has 0 atom stereocenters. The average Bonchev–Trinajstić information content (AvgIpc) is 3.79. The second-order valence-corrected chi connectivity index (χ2v) is 13.7. The van der Waals surface area contributed by atoms with Gasteiger partial charge < -0.3 is 18.6 Å². The molecule has 11 aromatic rings. The average molecular weight is 693 g/mol. The second-order valence-electron chi connectivity index (χ2n) is 13.7. The zero-order chi connectivity index (χ0) is 35.6. The van der Waals surface area contributed by atoms with E-state index in [0.717, 1.165) is 83.4 Å². The molecule has 9 aromatic carbocycles. The molecule has 0 amide bonds. The third kappa shape index (κ3) is 4.85. The van der Waals surface area contributed by atoms with Gasteiger partial charge in [-0.3, -0.25) is 0 Å². The topological polar surface area (TPSA) is 32.8 Å². The van der Waals surface area contributed by atoms with Gasteiger partial charge in [0.15, 0.2) is 0 Å². The fourth-order valence-corrected chi connectivity index (χ4v) is 8.15. The van der Waals surface area contributed by atoms with Gasteiger partial charge in [0.1, 0.15) is 22.3 Å². The molecule has 54 heavy (non-hydrogen) atoms. The van der Waals surface area contributed by atoms with Gasteiger partial charge in [0.2, 0.25) is 0 Å². The van der Waals surface area contributed by atoms with Crippen LogP contribution < -0.4 is 9.80 Å². The van der Waals surface area contributed by atoms with Crippen LogP contribution in [-0.4, -0.2) is 0 Å². The Bertz CT molecular complexity index is 3180. The normalized spacial score (nSPS) is 11.7. The maximum atomic E-state index is 6.35. The predicted molar refractivity (Wildman–Crippen MR) is 225 cm³/mol. The largest absolute Gasteiger partial charge is 0.456 e. The Kier molecular flexibility index (Phi) is 6.82. The number of furan rings is 2. The van der Waals surface area contributed by atoms with Crippen molar-refractivity contribution in [1.82, 2.24) is 0 Å². The fourth-order valence-electron chi connectivity index (χ4n) is 8.15. The maximum absolute atomic E-state index is 6.35. The molecule has 4 heteroatoms. The second kappa shape index (κ2) is 12.1. The van der Waals surface area contributed by atoms with Gasteiger partial charge in [0.25, 0.3) is 0 Å². The molecular weight excluding hydrogens is 661 g/mol. The van der Waals surface area contributed by atoms with Gasteiger partial charge in [-0.2, -0.15) is 0 Å². The van der Waals surface area contributed by atoms with Gasteiger partial charge in [0.05, 0.1) is 11.1 Å². The van der Waals surface area contributed by atoms with Gasteiger partial charge in [-0.25, -0.2) is 0 Å². The van der Waals surface area contributed by atoms with E-state index >= 15 is 0 Å². The first-order valence-electron chi connectivity index (χ1n) is 18.3. The van der Waals surface area contributed by atoms with Crippen LogP contribution in [0.2, 0.25) is 0 Å². The molecule has 0 spiro atoms. The van der Waals surface area contributed by atoms with Gasteiger partial charge in [-0.05, 0) is 113 Å². The molecule has 0 unspecified atom stereocenters. The van der Waals surface area contributed by atoms with Crippen LogP contribution in [0.3, 0.4) is 0 Å². The van der Waals surface area contributed by atoms with Crippen molar-refractivity contribution in [2.24, 2.45) is 0 Å². The Hall–Kier alpha value is -7.30. The number of hydrogen-bond donors (Lipinski definition) is 0. The summed E-state index contributed by atoms with van der Waals surface area (Å²) < 4.78 is 12.6. The molecule has 4 nitrogen and oxygen atoms in total. The molecule has 2 aromatic heterocycles. The van der Waals surface area contributed by atoms with E-state index < -0.39 is 0 Å². The molecule has 0 N–H and O–H groups in total. The number of rotatable bonds is 6. The molecule has 0 aliphatic heterocycles. The first-order chi connectivity index (χ1) is 26.8. The lowest BCUT2D eigenvalue weighted by atomic mass is 9.99. The SMILES string of the molecule is c1ccc(N(c2cccc(N(c3ccccc3)c3cccc4oc5ccccc5c34)c2)c2ccc3c(ccc4cc5oc6ccccc6c5cc43)c2)cc1. The van der Waals surface area contributed by atoms with Crippen molar-refractivity contribution < 1.29 is 8.83 Å². The highest BCUT2D eigenvalue weighted by atomic mass is 16.3. The Morgan fingerprint density at radius 3 is 1.61 bits per heavy atom. The lowest BCUT2D eigenvalue weighted by Gasteiger charge is -2.30. The molecule has 0 aliphatic rings. The molecule has 0 saturated carbocycles. The summed E-state index contributed by atoms with van der Waals surface area (Å²) in [6.45, 7) is 0. The van der Waals surface area contributed by atoms with E-state index in [4.69, 9.17) is 8.83 Å². The van der Waals surface area contributed by atoms with Crippen molar-refractivity contribution in [1.29, 1.82) is 0 Å². The van der Waals surface area contributed by atoms with Crippen LogP contribution in [0, 0.1) is 0 Å². The molecule has 0 aliphatic carbocycles. The Morgan fingerprint density at radius 1 is 0.278 bits per heavy atom. The number of fused-ring (bicyclic) bond motifs is 9. The van der Waals surface area contributed by atoms with E-state index in [0.29, 0.717) is 0 Å². The highest BCUT2D eigenvalue weighted by Crippen LogP contribution is 2.45. The number of para-hydroxylation sites is 4. The van der Waals surface area contributed by atoms with Crippen molar-refractivity contribution in [3.63, 3.8) is 0 Å². The third-order valence-electron chi connectivity index (χ3n) is 10.6. The van der Waals surface area contributed by atoms with E-state index in [1.165, 1.54) is 16.2 Å². The third-order valence-corrected chi connectivity index (χ3v) is 10.6. The molecule has 11 rings (SSSR count). The molecule has 2 heterocycles. The summed E-state index contributed by atoms with van der Waals surface area (Å²) in [5, 5.41) is 9.22. The lowest BCUT2D eigenvalue weighted by Crippen LogP contribution is -2.13. The van der Waals surface area contributed by atoms with Crippen molar-refractivity contribution in [3.05, 3.63) is 194 Å². The number of hydrogen-bond acceptors (Lipinski definition) is 4. The van der Waals surface area contributed by atoms with Crippen LogP contribution in [0.25, 0.3) is 65.4 Å². The van der Waals surface area contributed by atoms with E-state index in [1.54, 1.807) is 0 Å². The highest BCUT2D eigenvalue weighted by Gasteiger charge is 2.21. The number of nitrogens with zero attached hydrogens (tertiary/aromatic N) is 2. The van der Waals surface area contributed by atoms with Crippen LogP contribution in [0.4, 0.5) is 34.1 Å². The fraction of sp³-hybridized carbons (Fsp3) is 0. The Morgan fingerprint density at radius 2 is 0.833 bits per heavy atom. The predicted octanol–water partition coefficient (Wildman–Crippen LogP) is 14.7. The smallest absolute Gasteiger partial charge is 0.137 e. The minimum Gasteiger partial charge on any atom is -0.456 e. The van der Waals surface area contributed by atoms with E-state index in [1.807, 2.05) is 24.3 Å². The van der Waals surface area contributed by atoms with Gasteiger partial charge in [0, 0.05) is 44.6 Å². The summed E-state index contributed by atoms with van der Waals surface area (Å²) in [7, 11) is 0. The quantitative estimate of drug-likeness (QED) is 0.162. The molecule has 0 radical (unpaired) electrons. The van der Waals surface area contributed by atoms with Crippen LogP contribution in [0.15, 0.2) is 203 Å². The summed E-state index contributed by atoms with van der Waals surface area (Å²) in [6, 6.07) is 68.6. The van der Waals surface area contributed by atoms with E-state index in [9.17, 15) is 0 Å². The first kappa shape index (κ1) is 30.3. The van der Waals surface area contributed by atoms with Crippen LogP contribution >= 0.6 is 0 Å².